The summed E-state index contributed by atoms with van der Waals surface area (Å²) in [5.41, 5.74) is 7.83. The van der Waals surface area contributed by atoms with Crippen molar-refractivity contribution < 1.29 is 4.79 Å². The van der Waals surface area contributed by atoms with E-state index in [1.807, 2.05) is 48.2 Å². The third-order valence-corrected chi connectivity index (χ3v) is 3.61. The Morgan fingerprint density at radius 1 is 1.26 bits per heavy atom. The molecule has 0 spiro atoms. The lowest BCUT2D eigenvalue weighted by Gasteiger charge is -2.34. The number of piperidine rings is 1. The summed E-state index contributed by atoms with van der Waals surface area (Å²) in [6, 6.07) is 7.83. The van der Waals surface area contributed by atoms with Crippen molar-refractivity contribution in [1.29, 1.82) is 0 Å². The van der Waals surface area contributed by atoms with E-state index in [0.29, 0.717) is 12.5 Å². The van der Waals surface area contributed by atoms with Gasteiger partial charge in [0.25, 0.3) is 5.91 Å². The SMILES string of the molecule is CC1CC(N)CN(C(=O)c2ccc(N(C)C)cc2)C1. The van der Waals surface area contributed by atoms with Crippen molar-refractivity contribution in [3.05, 3.63) is 29.8 Å². The molecule has 19 heavy (non-hydrogen) atoms. The number of nitrogens with two attached hydrogens (primary N) is 1. The summed E-state index contributed by atoms with van der Waals surface area (Å²) >= 11 is 0. The summed E-state index contributed by atoms with van der Waals surface area (Å²) in [5.74, 6) is 0.570. The van der Waals surface area contributed by atoms with Gasteiger partial charge >= 0.3 is 0 Å². The second-order valence-electron chi connectivity index (χ2n) is 5.75. The van der Waals surface area contributed by atoms with Crippen molar-refractivity contribution in [2.75, 3.05) is 32.1 Å². The van der Waals surface area contributed by atoms with E-state index < -0.39 is 0 Å². The first-order valence-electron chi connectivity index (χ1n) is 6.79. The quantitative estimate of drug-likeness (QED) is 0.879. The van der Waals surface area contributed by atoms with Crippen molar-refractivity contribution in [3.63, 3.8) is 0 Å². The molecule has 1 heterocycles. The molecule has 0 bridgehead atoms. The first-order chi connectivity index (χ1) is 8.97. The standard InChI is InChI=1S/C15H23N3O/c1-11-8-13(16)10-18(9-11)15(19)12-4-6-14(7-5-12)17(2)3/h4-7,11,13H,8-10,16H2,1-3H3. The van der Waals surface area contributed by atoms with E-state index in [1.54, 1.807) is 0 Å². The van der Waals surface area contributed by atoms with Crippen LogP contribution in [0, 0.1) is 5.92 Å². The first kappa shape index (κ1) is 13.9. The number of nitrogens with zero attached hydrogens (tertiary/aromatic N) is 2. The van der Waals surface area contributed by atoms with Crippen molar-refractivity contribution in [3.8, 4) is 0 Å². The Bertz CT molecular complexity index is 431. The van der Waals surface area contributed by atoms with Crippen LogP contribution in [0.4, 0.5) is 5.69 Å². The summed E-state index contributed by atoms with van der Waals surface area (Å²) in [4.78, 5) is 16.3. The van der Waals surface area contributed by atoms with Gasteiger partial charge in [-0.2, -0.15) is 0 Å². The number of amides is 1. The molecule has 1 aliphatic rings. The summed E-state index contributed by atoms with van der Waals surface area (Å²) in [5, 5.41) is 0. The molecule has 2 unspecified atom stereocenters. The highest BCUT2D eigenvalue weighted by molar-refractivity contribution is 5.94. The zero-order valence-corrected chi connectivity index (χ0v) is 12.0. The van der Waals surface area contributed by atoms with Crippen LogP contribution in [-0.2, 0) is 0 Å². The van der Waals surface area contributed by atoms with Gasteiger partial charge in [0.2, 0.25) is 0 Å². The highest BCUT2D eigenvalue weighted by atomic mass is 16.2. The van der Waals surface area contributed by atoms with Crippen molar-refractivity contribution in [2.45, 2.75) is 19.4 Å². The van der Waals surface area contributed by atoms with Crippen LogP contribution in [0.2, 0.25) is 0 Å². The van der Waals surface area contributed by atoms with Crippen molar-refractivity contribution in [1.82, 2.24) is 4.90 Å². The average molecular weight is 261 g/mol. The third-order valence-electron chi connectivity index (χ3n) is 3.61. The Morgan fingerprint density at radius 3 is 2.42 bits per heavy atom. The molecule has 0 saturated carbocycles. The van der Waals surface area contributed by atoms with Crippen LogP contribution in [0.3, 0.4) is 0 Å². The maximum Gasteiger partial charge on any atom is 0.253 e. The van der Waals surface area contributed by atoms with Gasteiger partial charge in [0, 0.05) is 44.5 Å². The van der Waals surface area contributed by atoms with E-state index in [0.717, 1.165) is 24.2 Å². The van der Waals surface area contributed by atoms with Gasteiger partial charge in [0.15, 0.2) is 0 Å². The predicted octanol–water partition coefficient (Wildman–Crippen LogP) is 1.56. The second-order valence-corrected chi connectivity index (χ2v) is 5.75. The van der Waals surface area contributed by atoms with E-state index in [9.17, 15) is 4.79 Å². The number of hydrogen-bond donors (Lipinski definition) is 1. The topological polar surface area (TPSA) is 49.6 Å². The number of rotatable bonds is 2. The number of anilines is 1. The fourth-order valence-electron chi connectivity index (χ4n) is 2.65. The molecule has 4 nitrogen and oxygen atoms in total. The van der Waals surface area contributed by atoms with Gasteiger partial charge < -0.3 is 15.5 Å². The number of hydrogen-bond acceptors (Lipinski definition) is 3. The monoisotopic (exact) mass is 261 g/mol. The van der Waals surface area contributed by atoms with Gasteiger partial charge in [-0.25, -0.2) is 0 Å². The Balaban J connectivity index is 2.10. The van der Waals surface area contributed by atoms with E-state index >= 15 is 0 Å². The summed E-state index contributed by atoms with van der Waals surface area (Å²) in [6.45, 7) is 3.62. The third kappa shape index (κ3) is 3.26. The number of likely N-dealkylation sites (tertiary alicyclic amines) is 1. The minimum atomic E-state index is 0.0901. The summed E-state index contributed by atoms with van der Waals surface area (Å²) < 4.78 is 0. The predicted molar refractivity (Wildman–Crippen MR) is 78.4 cm³/mol. The normalized spacial score (nSPS) is 23.3. The Hall–Kier alpha value is -1.55. The number of benzene rings is 1. The second kappa shape index (κ2) is 5.61. The number of carbonyl (C=O) groups excluding carboxylic acids is 1. The molecule has 0 aromatic heterocycles. The molecule has 2 N–H and O–H groups in total. The maximum atomic E-state index is 12.4. The van der Waals surface area contributed by atoms with E-state index in [2.05, 4.69) is 6.92 Å². The van der Waals surface area contributed by atoms with Gasteiger partial charge in [-0.1, -0.05) is 6.92 Å². The van der Waals surface area contributed by atoms with Crippen LogP contribution in [0.5, 0.6) is 0 Å². The van der Waals surface area contributed by atoms with Crippen molar-refractivity contribution >= 4 is 11.6 Å². The Labute approximate surface area is 115 Å². The zero-order valence-electron chi connectivity index (χ0n) is 12.0. The summed E-state index contributed by atoms with van der Waals surface area (Å²) in [7, 11) is 3.98. The van der Waals surface area contributed by atoms with Crippen LogP contribution in [-0.4, -0.2) is 44.0 Å². The lowest BCUT2D eigenvalue weighted by Crippen LogP contribution is -2.48. The smallest absolute Gasteiger partial charge is 0.253 e. The molecular weight excluding hydrogens is 238 g/mol. The molecular formula is C15H23N3O. The fourth-order valence-corrected chi connectivity index (χ4v) is 2.65. The fraction of sp³-hybridized carbons (Fsp3) is 0.533. The highest BCUT2D eigenvalue weighted by Gasteiger charge is 2.26. The molecule has 0 aliphatic carbocycles. The molecule has 2 rings (SSSR count). The number of carbonyl (C=O) groups is 1. The highest BCUT2D eigenvalue weighted by Crippen LogP contribution is 2.19. The lowest BCUT2D eigenvalue weighted by atomic mass is 9.96. The van der Waals surface area contributed by atoms with E-state index in [4.69, 9.17) is 5.73 Å². The first-order valence-corrected chi connectivity index (χ1v) is 6.79. The molecule has 4 heteroatoms. The van der Waals surface area contributed by atoms with Gasteiger partial charge in [-0.05, 0) is 36.6 Å². The maximum absolute atomic E-state index is 12.4. The Kier molecular flexibility index (Phi) is 4.10. The van der Waals surface area contributed by atoms with Crippen molar-refractivity contribution in [2.24, 2.45) is 11.7 Å². The van der Waals surface area contributed by atoms with Gasteiger partial charge in [-0.3, -0.25) is 4.79 Å². The average Bonchev–Trinajstić information content (AvgIpc) is 2.37. The van der Waals surface area contributed by atoms with Crippen LogP contribution in [0.1, 0.15) is 23.7 Å². The molecule has 1 amide bonds. The lowest BCUT2D eigenvalue weighted by molar-refractivity contribution is 0.0661. The molecule has 104 valence electrons. The van der Waals surface area contributed by atoms with Crippen LogP contribution in [0.25, 0.3) is 0 Å². The molecule has 1 aromatic rings. The molecule has 1 aromatic carbocycles. The van der Waals surface area contributed by atoms with Gasteiger partial charge in [0.1, 0.15) is 0 Å². The van der Waals surface area contributed by atoms with Crippen LogP contribution >= 0.6 is 0 Å². The Morgan fingerprint density at radius 2 is 1.89 bits per heavy atom. The van der Waals surface area contributed by atoms with Gasteiger partial charge in [0.05, 0.1) is 0 Å². The zero-order chi connectivity index (χ0) is 14.0. The van der Waals surface area contributed by atoms with E-state index in [-0.39, 0.29) is 11.9 Å². The molecule has 0 radical (unpaired) electrons. The molecule has 1 fully saturated rings. The van der Waals surface area contributed by atoms with Crippen LogP contribution < -0.4 is 10.6 Å². The minimum Gasteiger partial charge on any atom is -0.378 e. The van der Waals surface area contributed by atoms with Gasteiger partial charge in [-0.15, -0.1) is 0 Å². The molecule has 1 saturated heterocycles. The van der Waals surface area contributed by atoms with Crippen LogP contribution in [0.15, 0.2) is 24.3 Å². The largest absolute Gasteiger partial charge is 0.378 e. The molecule has 2 atom stereocenters. The minimum absolute atomic E-state index is 0.0901. The van der Waals surface area contributed by atoms with E-state index in [1.165, 1.54) is 0 Å². The molecule has 1 aliphatic heterocycles. The summed E-state index contributed by atoms with van der Waals surface area (Å²) in [6.07, 6.45) is 1.00.